The number of aromatic hydroxyl groups is 1. The van der Waals surface area contributed by atoms with Crippen LogP contribution >= 0.6 is 23.2 Å². The van der Waals surface area contributed by atoms with E-state index >= 15 is 0 Å². The predicted octanol–water partition coefficient (Wildman–Crippen LogP) is 5.50. The molecule has 0 saturated carbocycles. The highest BCUT2D eigenvalue weighted by molar-refractivity contribution is 7.91. The number of benzene rings is 4. The van der Waals surface area contributed by atoms with Crippen molar-refractivity contribution in [3.05, 3.63) is 82.8 Å². The second-order valence-electron chi connectivity index (χ2n) is 7.27. The molecule has 0 bridgehead atoms. The van der Waals surface area contributed by atoms with Crippen LogP contribution in [-0.4, -0.2) is 30.5 Å². The number of carboxylic acids is 1. The first-order chi connectivity index (χ1) is 16.6. The molecule has 11 heteroatoms. The lowest BCUT2D eigenvalue weighted by atomic mass is 10.1. The van der Waals surface area contributed by atoms with Gasteiger partial charge in [-0.2, -0.15) is 0 Å². The lowest BCUT2D eigenvalue weighted by Crippen LogP contribution is -2.21. The molecule has 0 aromatic heterocycles. The van der Waals surface area contributed by atoms with E-state index in [2.05, 4.69) is 5.32 Å². The monoisotopic (exact) mass is 531 g/mol. The van der Waals surface area contributed by atoms with Gasteiger partial charge in [0.05, 0.1) is 14.9 Å². The minimum Gasteiger partial charge on any atom is -0.507 e. The number of phenolic OH excluding ortho intramolecular Hbond substituents is 1. The number of amides is 1. The van der Waals surface area contributed by atoms with Crippen LogP contribution in [0.5, 0.6) is 17.2 Å². The second kappa shape index (κ2) is 9.46. The lowest BCUT2D eigenvalue weighted by Gasteiger charge is -2.14. The van der Waals surface area contributed by atoms with Gasteiger partial charge in [-0.3, -0.25) is 4.79 Å². The predicted molar refractivity (Wildman–Crippen MR) is 130 cm³/mol. The van der Waals surface area contributed by atoms with Crippen LogP contribution in [0.4, 0.5) is 5.69 Å². The van der Waals surface area contributed by atoms with Crippen molar-refractivity contribution in [1.29, 1.82) is 0 Å². The minimum absolute atomic E-state index is 0.00767. The number of fused-ring (bicyclic) bond motifs is 1. The van der Waals surface area contributed by atoms with Crippen molar-refractivity contribution in [2.45, 2.75) is 9.79 Å². The van der Waals surface area contributed by atoms with Gasteiger partial charge in [-0.1, -0.05) is 53.5 Å². The van der Waals surface area contributed by atoms with Crippen LogP contribution in [0.15, 0.2) is 82.6 Å². The zero-order chi connectivity index (χ0) is 25.3. The number of aliphatic carboxylic acids is 1. The second-order valence-corrected chi connectivity index (χ2v) is 10.0. The van der Waals surface area contributed by atoms with Gasteiger partial charge in [0.1, 0.15) is 16.4 Å². The highest BCUT2D eigenvalue weighted by Crippen LogP contribution is 2.41. The largest absolute Gasteiger partial charge is 0.507 e. The number of sulfone groups is 1. The lowest BCUT2D eigenvalue weighted by molar-refractivity contribution is -0.147. The van der Waals surface area contributed by atoms with E-state index in [9.17, 15) is 23.1 Å². The summed E-state index contributed by atoms with van der Waals surface area (Å²) in [7, 11) is -4.12. The van der Waals surface area contributed by atoms with E-state index < -0.39 is 27.5 Å². The Morgan fingerprint density at radius 3 is 2.17 bits per heavy atom. The van der Waals surface area contributed by atoms with Gasteiger partial charge in [-0.15, -0.1) is 0 Å². The van der Waals surface area contributed by atoms with Crippen molar-refractivity contribution in [2.24, 2.45) is 0 Å². The van der Waals surface area contributed by atoms with Crippen LogP contribution in [0.2, 0.25) is 10.0 Å². The fourth-order valence-electron chi connectivity index (χ4n) is 3.27. The summed E-state index contributed by atoms with van der Waals surface area (Å²) in [5.41, 5.74) is 0.0185. The van der Waals surface area contributed by atoms with E-state index in [1.165, 1.54) is 30.3 Å². The molecule has 3 N–H and O–H groups in total. The van der Waals surface area contributed by atoms with Gasteiger partial charge in [-0.05, 0) is 47.2 Å². The van der Waals surface area contributed by atoms with Crippen molar-refractivity contribution in [2.75, 3.05) is 5.32 Å². The average molecular weight is 532 g/mol. The van der Waals surface area contributed by atoms with E-state index in [-0.39, 0.29) is 37.0 Å². The number of ether oxygens (including phenoxy) is 1. The third kappa shape index (κ3) is 5.02. The maximum Gasteiger partial charge on any atom is 0.394 e. The van der Waals surface area contributed by atoms with Gasteiger partial charge in [-0.25, -0.2) is 13.2 Å². The summed E-state index contributed by atoms with van der Waals surface area (Å²) < 4.78 is 32.2. The molecule has 0 radical (unpaired) electrons. The fourth-order valence-corrected chi connectivity index (χ4v) is 5.23. The number of hydrogen-bond donors (Lipinski definition) is 3. The highest BCUT2D eigenvalue weighted by atomic mass is 35.5. The molecule has 0 saturated heterocycles. The molecule has 0 fully saturated rings. The van der Waals surface area contributed by atoms with E-state index in [1.807, 2.05) is 12.1 Å². The molecule has 0 unspecified atom stereocenters. The molecule has 0 atom stereocenters. The molecule has 4 aromatic rings. The standard InChI is InChI=1S/C24H15Cl2NO7S/c25-18-10-15(27-23(29)24(30)31)11-19(26)22(18)34-16-6-8-20(28)21(12-16)35(32,33)17-7-5-13-3-1-2-4-14(13)9-17/h1-12,28H,(H,27,29)(H,30,31). The van der Waals surface area contributed by atoms with Gasteiger partial charge >= 0.3 is 11.9 Å². The van der Waals surface area contributed by atoms with Crippen LogP contribution in [0.1, 0.15) is 0 Å². The molecule has 1 amide bonds. The van der Waals surface area contributed by atoms with Gasteiger partial charge in [0.25, 0.3) is 0 Å². The molecule has 4 rings (SSSR count). The Bertz CT molecular complexity index is 1580. The molecular weight excluding hydrogens is 517 g/mol. The SMILES string of the molecule is O=C(O)C(=O)Nc1cc(Cl)c(Oc2ccc(O)c(S(=O)(=O)c3ccc4ccccc4c3)c2)c(Cl)c1. The average Bonchev–Trinajstić information content (AvgIpc) is 2.81. The Morgan fingerprint density at radius 1 is 0.857 bits per heavy atom. The van der Waals surface area contributed by atoms with Gasteiger partial charge in [0.2, 0.25) is 9.84 Å². The Labute approximate surface area is 209 Å². The Balaban J connectivity index is 1.68. The number of hydrogen-bond acceptors (Lipinski definition) is 6. The van der Waals surface area contributed by atoms with Crippen molar-refractivity contribution in [3.8, 4) is 17.2 Å². The molecule has 4 aromatic carbocycles. The Hall–Kier alpha value is -3.79. The maximum atomic E-state index is 13.3. The zero-order valence-corrected chi connectivity index (χ0v) is 19.9. The quantitative estimate of drug-likeness (QED) is 0.290. The first kappa shape index (κ1) is 24.3. The third-order valence-electron chi connectivity index (χ3n) is 4.92. The Kier molecular flexibility index (Phi) is 6.58. The summed E-state index contributed by atoms with van der Waals surface area (Å²) in [4.78, 5) is 21.7. The van der Waals surface area contributed by atoms with Crippen molar-refractivity contribution >= 4 is 61.4 Å². The van der Waals surface area contributed by atoms with E-state index in [4.69, 9.17) is 33.0 Å². The molecular formula is C24H15Cl2NO7S. The molecule has 0 heterocycles. The van der Waals surface area contributed by atoms with Gasteiger partial charge < -0.3 is 20.3 Å². The first-order valence-corrected chi connectivity index (χ1v) is 12.1. The molecule has 178 valence electrons. The summed E-state index contributed by atoms with van der Waals surface area (Å²) >= 11 is 12.4. The van der Waals surface area contributed by atoms with E-state index in [0.717, 1.165) is 17.5 Å². The number of rotatable bonds is 5. The minimum atomic E-state index is -4.12. The highest BCUT2D eigenvalue weighted by Gasteiger charge is 2.24. The number of anilines is 1. The van der Waals surface area contributed by atoms with Gasteiger partial charge in [0.15, 0.2) is 5.75 Å². The molecule has 35 heavy (non-hydrogen) atoms. The van der Waals surface area contributed by atoms with Crippen LogP contribution in [0.3, 0.4) is 0 Å². The van der Waals surface area contributed by atoms with Crippen LogP contribution in [0, 0.1) is 0 Å². The summed E-state index contributed by atoms with van der Waals surface area (Å²) in [6, 6.07) is 17.9. The first-order valence-electron chi connectivity index (χ1n) is 9.84. The number of carbonyl (C=O) groups excluding carboxylic acids is 1. The van der Waals surface area contributed by atoms with Crippen LogP contribution in [0.25, 0.3) is 10.8 Å². The number of halogens is 2. The topological polar surface area (TPSA) is 130 Å². The summed E-state index contributed by atoms with van der Waals surface area (Å²) in [5, 5.41) is 22.5. The number of phenols is 1. The molecule has 0 aliphatic heterocycles. The van der Waals surface area contributed by atoms with Crippen molar-refractivity contribution in [3.63, 3.8) is 0 Å². The smallest absolute Gasteiger partial charge is 0.394 e. The van der Waals surface area contributed by atoms with E-state index in [1.54, 1.807) is 18.2 Å². The van der Waals surface area contributed by atoms with E-state index in [0.29, 0.717) is 5.39 Å². The molecule has 0 spiro atoms. The number of carboxylic acid groups (broad SMARTS) is 1. The third-order valence-corrected chi connectivity index (χ3v) is 7.26. The molecule has 0 aliphatic carbocycles. The normalized spacial score (nSPS) is 11.3. The number of carbonyl (C=O) groups is 2. The molecule has 0 aliphatic rings. The fraction of sp³-hybridized carbons (Fsp3) is 0. The molecule has 8 nitrogen and oxygen atoms in total. The Morgan fingerprint density at radius 2 is 1.51 bits per heavy atom. The van der Waals surface area contributed by atoms with Gasteiger partial charge in [0, 0.05) is 11.8 Å². The van der Waals surface area contributed by atoms with Crippen molar-refractivity contribution < 1.29 is 33.0 Å². The van der Waals surface area contributed by atoms with Crippen LogP contribution in [-0.2, 0) is 19.4 Å². The van der Waals surface area contributed by atoms with Crippen LogP contribution < -0.4 is 10.1 Å². The van der Waals surface area contributed by atoms with Crippen molar-refractivity contribution in [1.82, 2.24) is 0 Å². The maximum absolute atomic E-state index is 13.3. The number of nitrogens with one attached hydrogen (secondary N) is 1. The zero-order valence-electron chi connectivity index (χ0n) is 17.5. The summed E-state index contributed by atoms with van der Waals surface area (Å²) in [6.07, 6.45) is 0. The summed E-state index contributed by atoms with van der Waals surface area (Å²) in [6.45, 7) is 0. The summed E-state index contributed by atoms with van der Waals surface area (Å²) in [5.74, 6) is -3.51.